The van der Waals surface area contributed by atoms with E-state index in [1.54, 1.807) is 12.1 Å². The van der Waals surface area contributed by atoms with Gasteiger partial charge >= 0.3 is 5.97 Å². The van der Waals surface area contributed by atoms with Gasteiger partial charge in [0.25, 0.3) is 0 Å². The van der Waals surface area contributed by atoms with E-state index in [1.807, 2.05) is 0 Å². The van der Waals surface area contributed by atoms with Gasteiger partial charge in [0.15, 0.2) is 0 Å². The second kappa shape index (κ2) is 6.10. The van der Waals surface area contributed by atoms with Crippen molar-refractivity contribution in [1.82, 2.24) is 9.29 Å². The van der Waals surface area contributed by atoms with Gasteiger partial charge in [0, 0.05) is 24.8 Å². The number of aromatic nitrogens is 1. The molecule has 1 N–H and O–H groups in total. The molecule has 1 aliphatic rings. The van der Waals surface area contributed by atoms with Crippen molar-refractivity contribution >= 4 is 16.0 Å². The summed E-state index contributed by atoms with van der Waals surface area (Å²) in [6.07, 6.45) is 3.22. The minimum atomic E-state index is -3.54. The van der Waals surface area contributed by atoms with Crippen molar-refractivity contribution in [1.29, 1.82) is 0 Å². The zero-order valence-corrected chi connectivity index (χ0v) is 13.2. The van der Waals surface area contributed by atoms with Gasteiger partial charge in [0.2, 0.25) is 10.0 Å². The lowest BCUT2D eigenvalue weighted by molar-refractivity contribution is 0.0697. The second-order valence-corrected chi connectivity index (χ2v) is 7.28. The summed E-state index contributed by atoms with van der Waals surface area (Å²) in [6.45, 7) is 1.05. The van der Waals surface area contributed by atoms with Crippen LogP contribution in [0.3, 0.4) is 0 Å². The number of aromatic carboxylic acids is 1. The van der Waals surface area contributed by atoms with E-state index in [0.717, 1.165) is 12.8 Å². The van der Waals surface area contributed by atoms with Crippen molar-refractivity contribution in [3.8, 4) is 11.3 Å². The van der Waals surface area contributed by atoms with E-state index in [4.69, 9.17) is 0 Å². The number of carboxylic acid groups (broad SMARTS) is 1. The molecule has 0 bridgehead atoms. The molecule has 2 aromatic rings. The Labute approximate surface area is 134 Å². The zero-order chi connectivity index (χ0) is 16.4. The molecule has 0 atom stereocenters. The number of carboxylic acids is 1. The Bertz CT molecular complexity index is 843. The third-order valence-corrected chi connectivity index (χ3v) is 5.74. The van der Waals surface area contributed by atoms with E-state index >= 15 is 0 Å². The summed E-state index contributed by atoms with van der Waals surface area (Å²) in [5.41, 5.74) is 0.782. The minimum Gasteiger partial charge on any atom is -0.478 e. The first-order valence-corrected chi connectivity index (χ1v) is 8.73. The molecule has 120 valence electrons. The summed E-state index contributed by atoms with van der Waals surface area (Å²) in [5, 5.41) is 9.26. The molecule has 0 saturated carbocycles. The van der Waals surface area contributed by atoms with Crippen molar-refractivity contribution < 1.29 is 18.3 Å². The van der Waals surface area contributed by atoms with Gasteiger partial charge in [-0.05, 0) is 37.1 Å². The second-order valence-electron chi connectivity index (χ2n) is 5.34. The Morgan fingerprint density at radius 3 is 2.57 bits per heavy atom. The summed E-state index contributed by atoms with van der Waals surface area (Å²) in [5.74, 6) is -1.10. The van der Waals surface area contributed by atoms with Crippen molar-refractivity contribution in [2.75, 3.05) is 13.1 Å². The Balaban J connectivity index is 2.06. The van der Waals surface area contributed by atoms with E-state index < -0.39 is 16.0 Å². The average Bonchev–Trinajstić information content (AvgIpc) is 3.10. The van der Waals surface area contributed by atoms with Gasteiger partial charge in [-0.25, -0.2) is 13.2 Å². The van der Waals surface area contributed by atoms with Gasteiger partial charge in [-0.3, -0.25) is 4.98 Å². The number of nitrogens with zero attached hydrogens (tertiary/aromatic N) is 2. The fourth-order valence-corrected chi connectivity index (χ4v) is 4.25. The molecule has 1 aromatic heterocycles. The molecule has 1 aromatic carbocycles. The lowest BCUT2D eigenvalue weighted by Crippen LogP contribution is -2.27. The van der Waals surface area contributed by atoms with Crippen LogP contribution in [-0.2, 0) is 10.0 Å². The number of hydrogen-bond donors (Lipinski definition) is 1. The molecule has 0 radical (unpaired) electrons. The first kappa shape index (κ1) is 15.6. The standard InChI is InChI=1S/C16H16N2O4S/c19-16(20)14-7-4-8-17-15(14)12-5-3-6-13(11-12)23(21,22)18-9-1-2-10-18/h3-8,11H,1-2,9-10H2,(H,19,20). The molecule has 3 rings (SSSR count). The molecule has 0 amide bonds. The normalized spacial score (nSPS) is 15.7. The third-order valence-electron chi connectivity index (χ3n) is 3.85. The number of benzene rings is 1. The van der Waals surface area contributed by atoms with Crippen LogP contribution in [0.5, 0.6) is 0 Å². The van der Waals surface area contributed by atoms with E-state index in [0.29, 0.717) is 18.7 Å². The number of pyridine rings is 1. The molecular weight excluding hydrogens is 316 g/mol. The van der Waals surface area contributed by atoms with Gasteiger partial charge in [-0.2, -0.15) is 4.31 Å². The molecule has 2 heterocycles. The number of sulfonamides is 1. The Morgan fingerprint density at radius 2 is 1.87 bits per heavy atom. The van der Waals surface area contributed by atoms with Gasteiger partial charge < -0.3 is 5.11 Å². The number of rotatable bonds is 4. The van der Waals surface area contributed by atoms with Gasteiger partial charge in [0.1, 0.15) is 0 Å². The maximum absolute atomic E-state index is 12.6. The van der Waals surface area contributed by atoms with Crippen molar-refractivity contribution in [3.63, 3.8) is 0 Å². The molecule has 6 nitrogen and oxygen atoms in total. The molecule has 0 spiro atoms. The highest BCUT2D eigenvalue weighted by atomic mass is 32.2. The SMILES string of the molecule is O=C(O)c1cccnc1-c1cccc(S(=O)(=O)N2CCCC2)c1. The lowest BCUT2D eigenvalue weighted by atomic mass is 10.1. The first-order valence-electron chi connectivity index (χ1n) is 7.29. The molecular formula is C16H16N2O4S. The molecule has 1 saturated heterocycles. The Morgan fingerprint density at radius 1 is 1.13 bits per heavy atom. The summed E-state index contributed by atoms with van der Waals surface area (Å²) >= 11 is 0. The van der Waals surface area contributed by atoms with E-state index in [-0.39, 0.29) is 16.2 Å². The molecule has 7 heteroatoms. The van der Waals surface area contributed by atoms with Crippen LogP contribution < -0.4 is 0 Å². The predicted octanol–water partition coefficient (Wildman–Crippen LogP) is 2.23. The minimum absolute atomic E-state index is 0.0446. The molecule has 1 fully saturated rings. The van der Waals surface area contributed by atoms with E-state index in [1.165, 1.54) is 34.8 Å². The van der Waals surface area contributed by atoms with Crippen molar-refractivity contribution in [3.05, 3.63) is 48.2 Å². The monoisotopic (exact) mass is 332 g/mol. The van der Waals surface area contributed by atoms with Crippen molar-refractivity contribution in [2.24, 2.45) is 0 Å². The van der Waals surface area contributed by atoms with Crippen LogP contribution in [0.15, 0.2) is 47.5 Å². The van der Waals surface area contributed by atoms with Crippen LogP contribution in [0.1, 0.15) is 23.2 Å². The van der Waals surface area contributed by atoms with Crippen LogP contribution in [0.2, 0.25) is 0 Å². The summed E-state index contributed by atoms with van der Waals surface area (Å²) in [6, 6.07) is 9.28. The Hall–Kier alpha value is -2.25. The molecule has 23 heavy (non-hydrogen) atoms. The van der Waals surface area contributed by atoms with Gasteiger partial charge in [0.05, 0.1) is 16.2 Å². The number of carbonyl (C=O) groups is 1. The zero-order valence-electron chi connectivity index (χ0n) is 12.3. The van der Waals surface area contributed by atoms with Crippen LogP contribution in [0.25, 0.3) is 11.3 Å². The summed E-state index contributed by atoms with van der Waals surface area (Å²) in [4.78, 5) is 15.6. The fraction of sp³-hybridized carbons (Fsp3) is 0.250. The topological polar surface area (TPSA) is 87.6 Å². The largest absolute Gasteiger partial charge is 0.478 e. The summed E-state index contributed by atoms with van der Waals surface area (Å²) in [7, 11) is -3.54. The van der Waals surface area contributed by atoms with Gasteiger partial charge in [-0.1, -0.05) is 12.1 Å². The van der Waals surface area contributed by atoms with Gasteiger partial charge in [-0.15, -0.1) is 0 Å². The number of hydrogen-bond acceptors (Lipinski definition) is 4. The van der Waals surface area contributed by atoms with Crippen LogP contribution in [0, 0.1) is 0 Å². The maximum Gasteiger partial charge on any atom is 0.337 e. The van der Waals surface area contributed by atoms with E-state index in [9.17, 15) is 18.3 Å². The Kier molecular flexibility index (Phi) is 4.14. The predicted molar refractivity (Wildman–Crippen MR) is 84.6 cm³/mol. The third kappa shape index (κ3) is 2.97. The highest BCUT2D eigenvalue weighted by Gasteiger charge is 2.27. The quantitative estimate of drug-likeness (QED) is 0.927. The van der Waals surface area contributed by atoms with Crippen molar-refractivity contribution in [2.45, 2.75) is 17.7 Å². The molecule has 0 aliphatic carbocycles. The summed E-state index contributed by atoms with van der Waals surface area (Å²) < 4.78 is 26.7. The van der Waals surface area contributed by atoms with Crippen LogP contribution >= 0.6 is 0 Å². The fourth-order valence-electron chi connectivity index (χ4n) is 2.69. The average molecular weight is 332 g/mol. The highest BCUT2D eigenvalue weighted by Crippen LogP contribution is 2.27. The van der Waals surface area contributed by atoms with Crippen LogP contribution in [-0.4, -0.2) is 41.9 Å². The first-order chi connectivity index (χ1) is 11.0. The maximum atomic E-state index is 12.6. The smallest absolute Gasteiger partial charge is 0.337 e. The molecule has 0 unspecified atom stereocenters. The van der Waals surface area contributed by atoms with Crippen LogP contribution in [0.4, 0.5) is 0 Å². The lowest BCUT2D eigenvalue weighted by Gasteiger charge is -2.16. The highest BCUT2D eigenvalue weighted by molar-refractivity contribution is 7.89. The molecule has 1 aliphatic heterocycles. The van der Waals surface area contributed by atoms with E-state index in [2.05, 4.69) is 4.98 Å².